The van der Waals surface area contributed by atoms with Crippen molar-refractivity contribution in [1.29, 1.82) is 0 Å². The number of hydrogen-bond acceptors (Lipinski definition) is 8. The predicted octanol–water partition coefficient (Wildman–Crippen LogP) is 1.21. The Morgan fingerprint density at radius 2 is 1.81 bits per heavy atom. The zero-order chi connectivity index (χ0) is 22.1. The first kappa shape index (κ1) is 20.3. The van der Waals surface area contributed by atoms with Crippen LogP contribution in [0.15, 0.2) is 47.8 Å². The Balaban J connectivity index is 1.24. The summed E-state index contributed by atoms with van der Waals surface area (Å²) in [4.78, 5) is 30.0. The fourth-order valence-corrected chi connectivity index (χ4v) is 4.14. The average molecular weight is 432 g/mol. The molecule has 10 heteroatoms. The molecule has 4 aromatic heterocycles. The van der Waals surface area contributed by atoms with Gasteiger partial charge in [0.2, 0.25) is 0 Å². The Bertz CT molecular complexity index is 1300. The summed E-state index contributed by atoms with van der Waals surface area (Å²) >= 11 is 0. The van der Waals surface area contributed by atoms with E-state index in [4.69, 9.17) is 0 Å². The van der Waals surface area contributed by atoms with E-state index in [1.165, 1.54) is 4.68 Å². The minimum Gasteiger partial charge on any atom is -0.353 e. The van der Waals surface area contributed by atoms with Gasteiger partial charge in [0.1, 0.15) is 12.1 Å². The Hall–Kier alpha value is -3.66. The lowest BCUT2D eigenvalue weighted by atomic mass is 10.2. The lowest BCUT2D eigenvalue weighted by Gasteiger charge is -2.35. The van der Waals surface area contributed by atoms with Crippen LogP contribution in [0.3, 0.4) is 0 Å². The molecule has 1 saturated heterocycles. The highest BCUT2D eigenvalue weighted by atomic mass is 16.1. The van der Waals surface area contributed by atoms with Gasteiger partial charge in [-0.15, -0.1) is 5.10 Å². The molecule has 0 saturated carbocycles. The minimum absolute atomic E-state index is 0.102. The van der Waals surface area contributed by atoms with Gasteiger partial charge in [0.15, 0.2) is 5.82 Å². The molecule has 0 atom stereocenters. The number of fused-ring (bicyclic) bond motifs is 1. The van der Waals surface area contributed by atoms with Crippen LogP contribution < -0.4 is 10.5 Å². The maximum atomic E-state index is 12.4. The molecule has 0 aromatic carbocycles. The van der Waals surface area contributed by atoms with Crippen molar-refractivity contribution in [2.45, 2.75) is 20.4 Å². The quantitative estimate of drug-likeness (QED) is 0.465. The summed E-state index contributed by atoms with van der Waals surface area (Å²) in [6.45, 7) is 8.73. The van der Waals surface area contributed by atoms with Crippen molar-refractivity contribution in [3.63, 3.8) is 0 Å². The maximum Gasteiger partial charge on any atom is 0.266 e. The molecule has 5 rings (SSSR count). The summed E-state index contributed by atoms with van der Waals surface area (Å²) in [5.74, 6) is 1.61. The normalized spacial score (nSPS) is 14.9. The van der Waals surface area contributed by atoms with Crippen molar-refractivity contribution in [2.24, 2.45) is 0 Å². The van der Waals surface area contributed by atoms with Crippen molar-refractivity contribution >= 4 is 16.7 Å². The van der Waals surface area contributed by atoms with Crippen LogP contribution in [0.25, 0.3) is 16.7 Å². The van der Waals surface area contributed by atoms with Gasteiger partial charge in [0.25, 0.3) is 5.56 Å². The number of aryl methyl sites for hydroxylation is 2. The van der Waals surface area contributed by atoms with E-state index in [2.05, 4.69) is 34.9 Å². The molecule has 4 aromatic rings. The molecule has 10 nitrogen and oxygen atoms in total. The van der Waals surface area contributed by atoms with Crippen LogP contribution in [0.4, 0.5) is 5.82 Å². The number of pyridine rings is 1. The monoisotopic (exact) mass is 431 g/mol. The van der Waals surface area contributed by atoms with Crippen molar-refractivity contribution in [2.75, 3.05) is 37.6 Å². The van der Waals surface area contributed by atoms with Crippen LogP contribution in [0.5, 0.6) is 0 Å². The van der Waals surface area contributed by atoms with Crippen LogP contribution in [0, 0.1) is 13.8 Å². The van der Waals surface area contributed by atoms with Gasteiger partial charge in [-0.05, 0) is 32.0 Å². The number of anilines is 1. The van der Waals surface area contributed by atoms with Gasteiger partial charge in [0.05, 0.1) is 24.0 Å². The van der Waals surface area contributed by atoms with E-state index in [1.54, 1.807) is 35.5 Å². The van der Waals surface area contributed by atoms with E-state index < -0.39 is 0 Å². The molecule has 0 aliphatic carbocycles. The highest BCUT2D eigenvalue weighted by Crippen LogP contribution is 2.22. The first-order chi connectivity index (χ1) is 15.6. The standard InChI is InChI=1S/C22H25N9O/c1-16-13-17(2)31(26-16)20-3-4-21(32)30(27-20)12-9-28-7-10-29(11-8-28)22-18-5-6-23-14-19(18)24-15-25-22/h3-6,13-15H,7-12H2,1-2H3. The topological polar surface area (TPSA) is 97.9 Å². The molecule has 1 aliphatic rings. The van der Waals surface area contributed by atoms with Crippen LogP contribution in [0.2, 0.25) is 0 Å². The molecule has 1 aliphatic heterocycles. The average Bonchev–Trinajstić information content (AvgIpc) is 3.16. The summed E-state index contributed by atoms with van der Waals surface area (Å²) in [6, 6.07) is 7.24. The van der Waals surface area contributed by atoms with Crippen LogP contribution in [0.1, 0.15) is 11.4 Å². The van der Waals surface area contributed by atoms with E-state index in [1.807, 2.05) is 26.0 Å². The fraction of sp³-hybridized carbons (Fsp3) is 0.364. The Morgan fingerprint density at radius 1 is 0.969 bits per heavy atom. The minimum atomic E-state index is -0.102. The van der Waals surface area contributed by atoms with Crippen molar-refractivity contribution in [1.82, 2.24) is 39.4 Å². The van der Waals surface area contributed by atoms with E-state index in [9.17, 15) is 4.79 Å². The molecular formula is C22H25N9O. The van der Waals surface area contributed by atoms with E-state index in [-0.39, 0.29) is 5.56 Å². The maximum absolute atomic E-state index is 12.4. The van der Waals surface area contributed by atoms with E-state index in [0.717, 1.165) is 60.8 Å². The first-order valence-corrected chi connectivity index (χ1v) is 10.7. The molecule has 0 bridgehead atoms. The van der Waals surface area contributed by atoms with Crippen molar-refractivity contribution < 1.29 is 0 Å². The van der Waals surface area contributed by atoms with Gasteiger partial charge < -0.3 is 4.90 Å². The van der Waals surface area contributed by atoms with E-state index >= 15 is 0 Å². The van der Waals surface area contributed by atoms with Crippen LogP contribution >= 0.6 is 0 Å². The molecule has 0 N–H and O–H groups in total. The molecule has 0 unspecified atom stereocenters. The molecule has 164 valence electrons. The highest BCUT2D eigenvalue weighted by molar-refractivity contribution is 5.88. The SMILES string of the molecule is Cc1cc(C)n(-c2ccc(=O)n(CCN3CCN(c4ncnc5cnccc45)CC3)n2)n1. The predicted molar refractivity (Wildman–Crippen MR) is 121 cm³/mol. The molecular weight excluding hydrogens is 406 g/mol. The zero-order valence-corrected chi connectivity index (χ0v) is 18.2. The number of rotatable bonds is 5. The molecule has 0 amide bonds. The van der Waals surface area contributed by atoms with Crippen LogP contribution in [-0.4, -0.2) is 72.1 Å². The lowest BCUT2D eigenvalue weighted by Crippen LogP contribution is -2.48. The molecule has 0 spiro atoms. The second-order valence-electron chi connectivity index (χ2n) is 8.01. The number of hydrogen-bond donors (Lipinski definition) is 0. The van der Waals surface area contributed by atoms with Gasteiger partial charge in [-0.3, -0.25) is 14.7 Å². The largest absolute Gasteiger partial charge is 0.353 e. The van der Waals surface area contributed by atoms with Gasteiger partial charge in [-0.2, -0.15) is 5.10 Å². The van der Waals surface area contributed by atoms with Crippen LogP contribution in [-0.2, 0) is 6.54 Å². The molecule has 32 heavy (non-hydrogen) atoms. The number of nitrogens with zero attached hydrogens (tertiary/aromatic N) is 9. The third-order valence-corrected chi connectivity index (χ3v) is 5.80. The smallest absolute Gasteiger partial charge is 0.266 e. The van der Waals surface area contributed by atoms with E-state index in [0.29, 0.717) is 12.4 Å². The summed E-state index contributed by atoms with van der Waals surface area (Å²) < 4.78 is 3.30. The van der Waals surface area contributed by atoms with Crippen molar-refractivity contribution in [3.05, 3.63) is 64.7 Å². The number of aromatic nitrogens is 7. The third kappa shape index (κ3) is 3.96. The third-order valence-electron chi connectivity index (χ3n) is 5.80. The highest BCUT2D eigenvalue weighted by Gasteiger charge is 2.20. The summed E-state index contributed by atoms with van der Waals surface area (Å²) in [6.07, 6.45) is 5.14. The van der Waals surface area contributed by atoms with Gasteiger partial charge in [-0.25, -0.2) is 19.3 Å². The first-order valence-electron chi connectivity index (χ1n) is 10.7. The lowest BCUT2D eigenvalue weighted by molar-refractivity contribution is 0.242. The second-order valence-corrected chi connectivity index (χ2v) is 8.01. The summed E-state index contributed by atoms with van der Waals surface area (Å²) in [5, 5.41) is 10.0. The Labute approximate surface area is 185 Å². The summed E-state index contributed by atoms with van der Waals surface area (Å²) in [5.41, 5.74) is 2.67. The number of piperazine rings is 1. The van der Waals surface area contributed by atoms with Crippen molar-refractivity contribution in [3.8, 4) is 5.82 Å². The Kier molecular flexibility index (Phi) is 5.36. The Morgan fingerprint density at radius 3 is 2.59 bits per heavy atom. The molecule has 5 heterocycles. The van der Waals surface area contributed by atoms with Gasteiger partial charge in [0, 0.05) is 56.1 Å². The fourth-order valence-electron chi connectivity index (χ4n) is 4.14. The summed E-state index contributed by atoms with van der Waals surface area (Å²) in [7, 11) is 0. The molecule has 0 radical (unpaired) electrons. The van der Waals surface area contributed by atoms with Gasteiger partial charge in [-0.1, -0.05) is 0 Å². The zero-order valence-electron chi connectivity index (χ0n) is 18.2. The molecule has 1 fully saturated rings. The second kappa shape index (κ2) is 8.46. The van der Waals surface area contributed by atoms with Gasteiger partial charge >= 0.3 is 0 Å².